The van der Waals surface area contributed by atoms with Gasteiger partial charge in [0.1, 0.15) is 0 Å². The average Bonchev–Trinajstić information content (AvgIpc) is 2.52. The Balaban J connectivity index is 2.33. The molecule has 1 rings (SSSR count). The van der Waals surface area contributed by atoms with Gasteiger partial charge in [0.15, 0.2) is 6.61 Å². The van der Waals surface area contributed by atoms with Crippen molar-refractivity contribution in [1.82, 2.24) is 15.4 Å². The molecule has 0 saturated heterocycles. The lowest BCUT2D eigenvalue weighted by Crippen LogP contribution is -2.44. The molecule has 0 bridgehead atoms. The zero-order chi connectivity index (χ0) is 19.7. The summed E-state index contributed by atoms with van der Waals surface area (Å²) in [5.74, 6) is -1.55. The van der Waals surface area contributed by atoms with Crippen LogP contribution in [0.3, 0.4) is 0 Å². The molecule has 0 spiro atoms. The number of esters is 1. The summed E-state index contributed by atoms with van der Waals surface area (Å²) in [5.41, 5.74) is 0.924. The van der Waals surface area contributed by atoms with E-state index in [-0.39, 0.29) is 23.9 Å². The van der Waals surface area contributed by atoms with Crippen LogP contribution in [0.1, 0.15) is 25.8 Å². The molecule has 0 atom stereocenters. The second kappa shape index (κ2) is 9.88. The van der Waals surface area contributed by atoms with Crippen LogP contribution in [0.2, 0.25) is 0 Å². The summed E-state index contributed by atoms with van der Waals surface area (Å²) in [4.78, 5) is 34.3. The molecule has 0 saturated carbocycles. The molecule has 3 N–H and O–H groups in total. The van der Waals surface area contributed by atoms with Crippen LogP contribution in [0.5, 0.6) is 0 Å². The van der Waals surface area contributed by atoms with Gasteiger partial charge in [-0.15, -0.1) is 0 Å². The van der Waals surface area contributed by atoms with Crippen molar-refractivity contribution < 1.29 is 27.5 Å². The summed E-state index contributed by atoms with van der Waals surface area (Å²) in [7, 11) is -3.72. The van der Waals surface area contributed by atoms with Gasteiger partial charge in [0.05, 0.1) is 11.3 Å². The van der Waals surface area contributed by atoms with Crippen molar-refractivity contribution in [3.8, 4) is 0 Å². The van der Waals surface area contributed by atoms with Gasteiger partial charge < -0.3 is 10.1 Å². The highest BCUT2D eigenvalue weighted by Gasteiger charge is 2.15. The molecule has 10 heteroatoms. The maximum absolute atomic E-state index is 12.0. The van der Waals surface area contributed by atoms with Crippen LogP contribution >= 0.6 is 0 Å². The predicted octanol–water partition coefficient (Wildman–Crippen LogP) is 0.441. The van der Waals surface area contributed by atoms with E-state index in [9.17, 15) is 22.8 Å². The first-order valence-electron chi connectivity index (χ1n) is 7.92. The SMILES string of the molecule is Cc1ccc(S(=O)(=O)NCCC(=O)OCC(=O)NC(=O)NC(C)C)cc1. The van der Waals surface area contributed by atoms with Gasteiger partial charge in [-0.2, -0.15) is 0 Å². The van der Waals surface area contributed by atoms with Crippen LogP contribution < -0.4 is 15.4 Å². The van der Waals surface area contributed by atoms with Crippen molar-refractivity contribution >= 4 is 27.9 Å². The van der Waals surface area contributed by atoms with Crippen LogP contribution in [0.15, 0.2) is 29.2 Å². The minimum absolute atomic E-state index is 0.0898. The minimum Gasteiger partial charge on any atom is -0.456 e. The highest BCUT2D eigenvalue weighted by Crippen LogP contribution is 2.09. The van der Waals surface area contributed by atoms with E-state index in [4.69, 9.17) is 0 Å². The third-order valence-corrected chi connectivity index (χ3v) is 4.47. The number of hydrogen-bond acceptors (Lipinski definition) is 6. The van der Waals surface area contributed by atoms with Gasteiger partial charge in [-0.1, -0.05) is 17.7 Å². The largest absolute Gasteiger partial charge is 0.456 e. The number of urea groups is 1. The summed E-state index contributed by atoms with van der Waals surface area (Å²) in [6, 6.07) is 5.41. The maximum atomic E-state index is 12.0. The number of benzene rings is 1. The number of carbonyl (C=O) groups is 3. The summed E-state index contributed by atoms with van der Waals surface area (Å²) < 4.78 is 31.0. The number of sulfonamides is 1. The fraction of sp³-hybridized carbons (Fsp3) is 0.438. The predicted molar refractivity (Wildman–Crippen MR) is 93.8 cm³/mol. The topological polar surface area (TPSA) is 131 Å². The van der Waals surface area contributed by atoms with E-state index in [2.05, 4.69) is 14.8 Å². The molecule has 9 nitrogen and oxygen atoms in total. The summed E-state index contributed by atoms with van der Waals surface area (Å²) in [5, 5.41) is 4.44. The van der Waals surface area contributed by atoms with E-state index in [1.165, 1.54) is 12.1 Å². The van der Waals surface area contributed by atoms with E-state index in [1.807, 2.05) is 12.2 Å². The smallest absolute Gasteiger partial charge is 0.321 e. The van der Waals surface area contributed by atoms with E-state index in [1.54, 1.807) is 26.0 Å². The third kappa shape index (κ3) is 8.08. The van der Waals surface area contributed by atoms with Crippen LogP contribution in [0, 0.1) is 6.92 Å². The number of aryl methyl sites for hydroxylation is 1. The van der Waals surface area contributed by atoms with E-state index in [0.717, 1.165) is 5.56 Å². The van der Waals surface area contributed by atoms with Gasteiger partial charge in [0, 0.05) is 12.6 Å². The molecule has 1 aromatic carbocycles. The second-order valence-corrected chi connectivity index (χ2v) is 7.56. The Hall–Kier alpha value is -2.46. The van der Waals surface area contributed by atoms with Crippen molar-refractivity contribution in [3.05, 3.63) is 29.8 Å². The lowest BCUT2D eigenvalue weighted by molar-refractivity contribution is -0.148. The number of hydrogen-bond donors (Lipinski definition) is 3. The Bertz CT molecular complexity index is 744. The molecule has 144 valence electrons. The molecule has 0 fully saturated rings. The standard InChI is InChI=1S/C16H23N3O6S/c1-11(2)18-16(22)19-14(20)10-25-15(21)8-9-17-26(23,24)13-6-4-12(3)5-7-13/h4-7,11,17H,8-10H2,1-3H3,(H2,18,19,20,22). The first-order chi connectivity index (χ1) is 12.1. The number of imide groups is 1. The second-order valence-electron chi connectivity index (χ2n) is 5.80. The van der Waals surface area contributed by atoms with Crippen molar-refractivity contribution in [2.45, 2.75) is 38.1 Å². The molecule has 0 heterocycles. The molecule has 0 aliphatic rings. The van der Waals surface area contributed by atoms with Crippen LogP contribution in [0.25, 0.3) is 0 Å². The Morgan fingerprint density at radius 3 is 2.31 bits per heavy atom. The molecule has 0 aliphatic heterocycles. The molecule has 1 aromatic rings. The van der Waals surface area contributed by atoms with E-state index < -0.39 is 34.5 Å². The van der Waals surface area contributed by atoms with E-state index >= 15 is 0 Å². The zero-order valence-electron chi connectivity index (χ0n) is 14.9. The van der Waals surface area contributed by atoms with Crippen molar-refractivity contribution in [2.24, 2.45) is 0 Å². The van der Waals surface area contributed by atoms with Crippen molar-refractivity contribution in [3.63, 3.8) is 0 Å². The van der Waals surface area contributed by atoms with Crippen LogP contribution in [0.4, 0.5) is 4.79 Å². The fourth-order valence-corrected chi connectivity index (χ4v) is 2.80. The Kier molecular flexibility index (Phi) is 8.20. The Morgan fingerprint density at radius 2 is 1.73 bits per heavy atom. The van der Waals surface area contributed by atoms with Gasteiger partial charge >= 0.3 is 12.0 Å². The van der Waals surface area contributed by atoms with Crippen molar-refractivity contribution in [1.29, 1.82) is 0 Å². The minimum atomic E-state index is -3.72. The first kappa shape index (κ1) is 21.6. The molecule has 0 radical (unpaired) electrons. The summed E-state index contributed by atoms with van der Waals surface area (Å²) in [6.45, 7) is 4.48. The Morgan fingerprint density at radius 1 is 1.12 bits per heavy atom. The number of amides is 3. The van der Waals surface area contributed by atoms with Crippen molar-refractivity contribution in [2.75, 3.05) is 13.2 Å². The lowest BCUT2D eigenvalue weighted by atomic mass is 10.2. The molecular weight excluding hydrogens is 362 g/mol. The van der Waals surface area contributed by atoms with Crippen LogP contribution in [-0.2, 0) is 24.3 Å². The monoisotopic (exact) mass is 385 g/mol. The third-order valence-electron chi connectivity index (χ3n) is 2.99. The van der Waals surface area contributed by atoms with E-state index in [0.29, 0.717) is 0 Å². The maximum Gasteiger partial charge on any atom is 0.321 e. The zero-order valence-corrected chi connectivity index (χ0v) is 15.7. The van der Waals surface area contributed by atoms with Crippen LogP contribution in [-0.4, -0.2) is 45.5 Å². The summed E-state index contributed by atoms with van der Waals surface area (Å²) >= 11 is 0. The molecule has 26 heavy (non-hydrogen) atoms. The Labute approximate surface area is 152 Å². The molecule has 0 unspecified atom stereocenters. The molecule has 0 aromatic heterocycles. The molecular formula is C16H23N3O6S. The lowest BCUT2D eigenvalue weighted by Gasteiger charge is -2.10. The number of carbonyl (C=O) groups excluding carboxylic acids is 3. The highest BCUT2D eigenvalue weighted by molar-refractivity contribution is 7.89. The van der Waals surface area contributed by atoms with Gasteiger partial charge in [-0.25, -0.2) is 17.9 Å². The quantitative estimate of drug-likeness (QED) is 0.557. The first-order valence-corrected chi connectivity index (χ1v) is 9.41. The summed E-state index contributed by atoms with van der Waals surface area (Å²) in [6.07, 6.45) is -0.253. The average molecular weight is 385 g/mol. The van der Waals surface area contributed by atoms with Gasteiger partial charge in [0.25, 0.3) is 5.91 Å². The number of nitrogens with one attached hydrogen (secondary N) is 3. The number of rotatable bonds is 8. The highest BCUT2D eigenvalue weighted by atomic mass is 32.2. The van der Waals surface area contributed by atoms with Gasteiger partial charge in [-0.3, -0.25) is 14.9 Å². The molecule has 0 aliphatic carbocycles. The normalized spacial score (nSPS) is 11.1. The fourth-order valence-electron chi connectivity index (χ4n) is 1.77. The molecule has 3 amide bonds. The van der Waals surface area contributed by atoms with Gasteiger partial charge in [0.2, 0.25) is 10.0 Å². The number of ether oxygens (including phenoxy) is 1. The van der Waals surface area contributed by atoms with Gasteiger partial charge in [-0.05, 0) is 32.9 Å².